The Labute approximate surface area is 200 Å². The van der Waals surface area contributed by atoms with Gasteiger partial charge >= 0.3 is 0 Å². The average Bonchev–Trinajstić information content (AvgIpc) is 3.48. The second kappa shape index (κ2) is 10.3. The van der Waals surface area contributed by atoms with Gasteiger partial charge < -0.3 is 29.0 Å². The first-order valence-electron chi connectivity index (χ1n) is 11.7. The summed E-state index contributed by atoms with van der Waals surface area (Å²) in [6.45, 7) is 3.74. The second-order valence-electron chi connectivity index (χ2n) is 8.79. The average molecular weight is 467 g/mol. The number of H-pyrrole nitrogens is 1. The van der Waals surface area contributed by atoms with Crippen molar-refractivity contribution in [2.75, 3.05) is 41.5 Å². The van der Waals surface area contributed by atoms with Crippen LogP contribution in [0.4, 0.5) is 0 Å². The Morgan fingerprint density at radius 1 is 1.18 bits per heavy atom. The number of aromatic nitrogens is 2. The maximum atomic E-state index is 13.9. The van der Waals surface area contributed by atoms with E-state index in [1.807, 2.05) is 36.1 Å². The monoisotopic (exact) mass is 466 g/mol. The van der Waals surface area contributed by atoms with Crippen LogP contribution in [0.3, 0.4) is 0 Å². The van der Waals surface area contributed by atoms with Crippen molar-refractivity contribution in [1.29, 1.82) is 0 Å². The van der Waals surface area contributed by atoms with E-state index in [0.717, 1.165) is 36.2 Å². The lowest BCUT2D eigenvalue weighted by Gasteiger charge is -2.31. The molecule has 0 bridgehead atoms. The highest BCUT2D eigenvalue weighted by Crippen LogP contribution is 2.39. The number of imidazole rings is 1. The van der Waals surface area contributed by atoms with Crippen LogP contribution < -0.4 is 14.2 Å². The molecule has 2 aromatic carbocycles. The zero-order chi connectivity index (χ0) is 24.2. The minimum Gasteiger partial charge on any atom is -0.493 e. The number of para-hydroxylation sites is 2. The smallest absolute Gasteiger partial charge is 0.254 e. The van der Waals surface area contributed by atoms with E-state index in [2.05, 4.69) is 16.9 Å². The molecule has 2 atom stereocenters. The van der Waals surface area contributed by atoms with Crippen molar-refractivity contribution in [1.82, 2.24) is 19.8 Å². The summed E-state index contributed by atoms with van der Waals surface area (Å²) in [4.78, 5) is 26.4. The van der Waals surface area contributed by atoms with Gasteiger partial charge in [0.25, 0.3) is 5.91 Å². The Bertz CT molecular complexity index is 1090. The highest BCUT2D eigenvalue weighted by molar-refractivity contribution is 5.96. The van der Waals surface area contributed by atoms with Crippen molar-refractivity contribution < 1.29 is 19.0 Å². The molecule has 0 saturated carbocycles. The molecular weight excluding hydrogens is 432 g/mol. The van der Waals surface area contributed by atoms with Crippen molar-refractivity contribution in [3.05, 3.63) is 47.8 Å². The number of carbonyl (C=O) groups excluding carboxylic acids is 1. The van der Waals surface area contributed by atoms with E-state index in [0.29, 0.717) is 35.4 Å². The predicted molar refractivity (Wildman–Crippen MR) is 132 cm³/mol. The lowest BCUT2D eigenvalue weighted by Crippen LogP contribution is -2.38. The molecule has 4 rings (SSSR count). The number of nitrogens with one attached hydrogen (secondary N) is 1. The highest BCUT2D eigenvalue weighted by atomic mass is 16.5. The summed E-state index contributed by atoms with van der Waals surface area (Å²) in [5, 5.41) is 0. The van der Waals surface area contributed by atoms with Gasteiger partial charge in [0.1, 0.15) is 5.82 Å². The van der Waals surface area contributed by atoms with E-state index in [9.17, 15) is 4.79 Å². The molecule has 34 heavy (non-hydrogen) atoms. The van der Waals surface area contributed by atoms with Crippen LogP contribution in [0.1, 0.15) is 48.4 Å². The maximum absolute atomic E-state index is 13.9. The van der Waals surface area contributed by atoms with Crippen LogP contribution in [0.15, 0.2) is 36.4 Å². The number of hydrogen-bond acceptors (Lipinski definition) is 6. The third kappa shape index (κ3) is 4.68. The summed E-state index contributed by atoms with van der Waals surface area (Å²) >= 11 is 0. The molecule has 8 heteroatoms. The molecule has 1 aliphatic heterocycles. The first kappa shape index (κ1) is 23.9. The molecule has 0 radical (unpaired) electrons. The van der Waals surface area contributed by atoms with Crippen LogP contribution in [0, 0.1) is 0 Å². The number of methoxy groups -OCH3 is 3. The maximum Gasteiger partial charge on any atom is 0.254 e. The van der Waals surface area contributed by atoms with Gasteiger partial charge in [0.15, 0.2) is 11.5 Å². The van der Waals surface area contributed by atoms with Gasteiger partial charge in [0.05, 0.1) is 38.4 Å². The number of ether oxygens (including phenoxy) is 3. The van der Waals surface area contributed by atoms with Gasteiger partial charge in [-0.05, 0) is 64.0 Å². The number of benzene rings is 2. The van der Waals surface area contributed by atoms with E-state index in [1.54, 1.807) is 33.5 Å². The van der Waals surface area contributed by atoms with Crippen LogP contribution in [-0.2, 0) is 0 Å². The minimum atomic E-state index is -0.245. The molecule has 182 valence electrons. The quantitative estimate of drug-likeness (QED) is 0.507. The molecular formula is C26H34N4O4. The summed E-state index contributed by atoms with van der Waals surface area (Å²) in [5.41, 5.74) is 2.33. The van der Waals surface area contributed by atoms with Crippen molar-refractivity contribution in [2.24, 2.45) is 0 Å². The Morgan fingerprint density at radius 2 is 1.88 bits per heavy atom. The van der Waals surface area contributed by atoms with E-state index in [-0.39, 0.29) is 11.9 Å². The standard InChI is InChI=1S/C26H34N4O4/c1-17(25-27-20-10-6-7-11-21(20)28-25)30(14-12-19-9-8-13-29(19)2)26(31)18-15-22(32-3)24(34-5)23(16-18)33-4/h6-7,10-11,15-17,19H,8-9,12-14H2,1-5H3,(H,27,28). The van der Waals surface area contributed by atoms with Crippen molar-refractivity contribution >= 4 is 16.9 Å². The number of nitrogens with zero attached hydrogens (tertiary/aromatic N) is 3. The number of carbonyl (C=O) groups is 1. The first-order chi connectivity index (χ1) is 16.5. The zero-order valence-corrected chi connectivity index (χ0v) is 20.6. The van der Waals surface area contributed by atoms with Crippen molar-refractivity contribution in [3.8, 4) is 17.2 Å². The fourth-order valence-electron chi connectivity index (χ4n) is 4.79. The van der Waals surface area contributed by atoms with Crippen LogP contribution in [-0.4, -0.2) is 73.2 Å². The van der Waals surface area contributed by atoms with Gasteiger partial charge in [-0.25, -0.2) is 4.98 Å². The Morgan fingerprint density at radius 3 is 2.47 bits per heavy atom. The molecule has 2 heterocycles. The van der Waals surface area contributed by atoms with E-state index < -0.39 is 0 Å². The zero-order valence-electron chi connectivity index (χ0n) is 20.6. The van der Waals surface area contributed by atoms with Gasteiger partial charge in [-0.2, -0.15) is 0 Å². The summed E-state index contributed by atoms with van der Waals surface area (Å²) in [6, 6.07) is 11.6. The molecule has 1 aromatic heterocycles. The van der Waals surface area contributed by atoms with E-state index in [1.165, 1.54) is 6.42 Å². The summed E-state index contributed by atoms with van der Waals surface area (Å²) in [7, 11) is 6.81. The number of amides is 1. The molecule has 1 amide bonds. The van der Waals surface area contributed by atoms with Crippen LogP contribution in [0.2, 0.25) is 0 Å². The predicted octanol–water partition coefficient (Wildman–Crippen LogP) is 4.28. The number of rotatable bonds is 9. The van der Waals surface area contributed by atoms with Gasteiger partial charge in [0, 0.05) is 18.2 Å². The minimum absolute atomic E-state index is 0.104. The largest absolute Gasteiger partial charge is 0.493 e. The molecule has 8 nitrogen and oxygen atoms in total. The van der Waals surface area contributed by atoms with Gasteiger partial charge in [-0.15, -0.1) is 0 Å². The van der Waals surface area contributed by atoms with E-state index in [4.69, 9.17) is 19.2 Å². The normalized spacial score (nSPS) is 17.0. The fraction of sp³-hybridized carbons (Fsp3) is 0.462. The number of aromatic amines is 1. The van der Waals surface area contributed by atoms with Crippen LogP contribution in [0.5, 0.6) is 17.2 Å². The molecule has 0 aliphatic carbocycles. The Kier molecular flexibility index (Phi) is 7.26. The van der Waals surface area contributed by atoms with Crippen LogP contribution in [0.25, 0.3) is 11.0 Å². The van der Waals surface area contributed by atoms with Crippen molar-refractivity contribution in [3.63, 3.8) is 0 Å². The van der Waals surface area contributed by atoms with Gasteiger partial charge in [-0.3, -0.25) is 4.79 Å². The Balaban J connectivity index is 1.68. The molecule has 0 spiro atoms. The highest BCUT2D eigenvalue weighted by Gasteiger charge is 2.29. The molecule has 1 aliphatic rings. The molecule has 1 fully saturated rings. The molecule has 3 aromatic rings. The summed E-state index contributed by atoms with van der Waals surface area (Å²) in [5.74, 6) is 2.04. The van der Waals surface area contributed by atoms with Crippen LogP contribution >= 0.6 is 0 Å². The number of hydrogen-bond donors (Lipinski definition) is 1. The van der Waals surface area contributed by atoms with Gasteiger partial charge in [0.2, 0.25) is 5.75 Å². The number of fused-ring (bicyclic) bond motifs is 1. The van der Waals surface area contributed by atoms with E-state index >= 15 is 0 Å². The number of likely N-dealkylation sites (tertiary alicyclic amines) is 1. The van der Waals surface area contributed by atoms with Crippen molar-refractivity contribution in [2.45, 2.75) is 38.3 Å². The molecule has 1 N–H and O–H groups in total. The third-order valence-electron chi connectivity index (χ3n) is 6.82. The molecule has 1 saturated heterocycles. The third-order valence-corrected chi connectivity index (χ3v) is 6.82. The topological polar surface area (TPSA) is 79.9 Å². The lowest BCUT2D eigenvalue weighted by atomic mass is 10.1. The summed E-state index contributed by atoms with van der Waals surface area (Å²) in [6.07, 6.45) is 3.25. The van der Waals surface area contributed by atoms with Gasteiger partial charge in [-0.1, -0.05) is 12.1 Å². The lowest BCUT2D eigenvalue weighted by molar-refractivity contribution is 0.0666. The fourth-order valence-corrected chi connectivity index (χ4v) is 4.79. The SMILES string of the molecule is COc1cc(C(=O)N(CCC2CCCN2C)C(C)c2nc3ccccc3[nH]2)cc(OC)c1OC. The molecule has 2 unspecified atom stereocenters. The first-order valence-corrected chi connectivity index (χ1v) is 11.7. The Hall–Kier alpha value is -3.26. The second-order valence-corrected chi connectivity index (χ2v) is 8.79. The summed E-state index contributed by atoms with van der Waals surface area (Å²) < 4.78 is 16.4.